The summed E-state index contributed by atoms with van der Waals surface area (Å²) in [5, 5.41) is 10.8. The van der Waals surface area contributed by atoms with Crippen LogP contribution in [0.2, 0.25) is 0 Å². The molecule has 0 spiro atoms. The van der Waals surface area contributed by atoms with Crippen LogP contribution in [0.4, 0.5) is 0 Å². The van der Waals surface area contributed by atoms with Crippen LogP contribution >= 0.6 is 0 Å². The number of ketones is 1. The van der Waals surface area contributed by atoms with E-state index >= 15 is 0 Å². The molecule has 2 aliphatic heterocycles. The fraction of sp³-hybridized carbons (Fsp3) is 0.741. The minimum absolute atomic E-state index is 0.00206. The summed E-state index contributed by atoms with van der Waals surface area (Å²) in [7, 11) is 0. The second-order valence-electron chi connectivity index (χ2n) is 11.2. The summed E-state index contributed by atoms with van der Waals surface area (Å²) in [5.74, 6) is -0.257. The molecule has 0 saturated carbocycles. The molecule has 3 rings (SSSR count). The Bertz CT molecular complexity index is 918. The number of aliphatic hydroxyl groups is 1. The monoisotopic (exact) mass is 475 g/mol. The normalized spacial score (nSPS) is 36.0. The highest BCUT2D eigenvalue weighted by Gasteiger charge is 2.52. The second kappa shape index (κ2) is 10.3. The number of oxazole rings is 1. The van der Waals surface area contributed by atoms with Gasteiger partial charge in [-0.15, -0.1) is 0 Å². The molecule has 0 aromatic carbocycles. The van der Waals surface area contributed by atoms with Crippen LogP contribution in [0.5, 0.6) is 0 Å². The van der Waals surface area contributed by atoms with Crippen LogP contribution < -0.4 is 0 Å². The Morgan fingerprint density at radius 2 is 1.91 bits per heavy atom. The summed E-state index contributed by atoms with van der Waals surface area (Å²) in [6.45, 7) is 13.3. The summed E-state index contributed by atoms with van der Waals surface area (Å²) in [4.78, 5) is 30.3. The van der Waals surface area contributed by atoms with Gasteiger partial charge >= 0.3 is 5.97 Å². The summed E-state index contributed by atoms with van der Waals surface area (Å²) < 4.78 is 17.3. The maximum Gasteiger partial charge on any atom is 0.306 e. The summed E-state index contributed by atoms with van der Waals surface area (Å²) in [5.41, 5.74) is 0.570. The van der Waals surface area contributed by atoms with E-state index in [1.165, 1.54) is 0 Å². The van der Waals surface area contributed by atoms with E-state index in [-0.39, 0.29) is 35.8 Å². The topological polar surface area (TPSA) is 102 Å². The van der Waals surface area contributed by atoms with Crippen LogP contribution in [0.25, 0.3) is 6.08 Å². The molecule has 7 heteroatoms. The number of aryl methyl sites for hydroxylation is 1. The standard InChI is InChI=1S/C27H41NO6/c1-16-9-8-11-27(7)22(34-27)14-21(17(2)13-20-15-32-19(4)28-20)33-23(29)10-12-26(5,6)25(31)18(3)24(16)30/h13,15-16,18,21-22,24,30H,8-12,14H2,1-7H3/b17-13+/t16-,18+,21-,22?,24-,27+/m0/s1. The van der Waals surface area contributed by atoms with Crippen molar-refractivity contribution in [2.24, 2.45) is 17.3 Å². The van der Waals surface area contributed by atoms with Crippen molar-refractivity contribution in [1.29, 1.82) is 0 Å². The number of carbonyl (C=O) groups excluding carboxylic acids is 2. The predicted octanol–water partition coefficient (Wildman–Crippen LogP) is 5.04. The minimum atomic E-state index is -0.729. The number of hydrogen-bond donors (Lipinski definition) is 1. The molecule has 190 valence electrons. The van der Waals surface area contributed by atoms with Crippen molar-refractivity contribution in [3.8, 4) is 0 Å². The molecule has 0 bridgehead atoms. The first-order valence-corrected chi connectivity index (χ1v) is 12.5. The number of cyclic esters (lactones) is 1. The maximum absolute atomic E-state index is 13.2. The van der Waals surface area contributed by atoms with Crippen molar-refractivity contribution in [3.63, 3.8) is 0 Å². The number of Topliss-reactive ketones (excluding diaryl/α,β-unsaturated/α-hetero) is 1. The van der Waals surface area contributed by atoms with Crippen LogP contribution in [0.3, 0.4) is 0 Å². The van der Waals surface area contributed by atoms with Crippen LogP contribution in [-0.2, 0) is 19.1 Å². The van der Waals surface area contributed by atoms with Gasteiger partial charge in [-0.3, -0.25) is 9.59 Å². The highest BCUT2D eigenvalue weighted by Crippen LogP contribution is 2.45. The lowest BCUT2D eigenvalue weighted by Crippen LogP contribution is -2.39. The van der Waals surface area contributed by atoms with Gasteiger partial charge < -0.3 is 19.0 Å². The molecular weight excluding hydrogens is 434 g/mol. The lowest BCUT2D eigenvalue weighted by Gasteiger charge is -2.31. The SMILES string of the molecule is C/C(=C\c1coc(C)n1)[C@@H]1CC2O[C@]2(C)CCC[C@H](C)[C@H](O)[C@@H](C)C(=O)C(C)(C)CCC(=O)O1. The Balaban J connectivity index is 1.81. The third kappa shape index (κ3) is 6.36. The van der Waals surface area contributed by atoms with E-state index < -0.39 is 23.5 Å². The van der Waals surface area contributed by atoms with E-state index in [4.69, 9.17) is 13.9 Å². The molecule has 6 atom stereocenters. The van der Waals surface area contributed by atoms with E-state index in [0.29, 0.717) is 24.4 Å². The molecule has 2 saturated heterocycles. The molecule has 1 aromatic rings. The first-order valence-electron chi connectivity index (χ1n) is 12.5. The fourth-order valence-corrected chi connectivity index (χ4v) is 5.07. The number of nitrogens with zero attached hydrogens (tertiary/aromatic N) is 1. The number of ether oxygens (including phenoxy) is 2. The van der Waals surface area contributed by atoms with Crippen molar-refractivity contribution < 1.29 is 28.6 Å². The Labute approximate surface area is 203 Å². The van der Waals surface area contributed by atoms with Crippen LogP contribution in [-0.4, -0.2) is 45.8 Å². The molecule has 2 aliphatic rings. The van der Waals surface area contributed by atoms with Crippen LogP contribution in [0.1, 0.15) is 91.7 Å². The molecule has 34 heavy (non-hydrogen) atoms. The predicted molar refractivity (Wildman–Crippen MR) is 129 cm³/mol. The number of aromatic nitrogens is 1. The van der Waals surface area contributed by atoms with Gasteiger partial charge in [-0.1, -0.05) is 34.1 Å². The van der Waals surface area contributed by atoms with Gasteiger partial charge in [0.15, 0.2) is 5.89 Å². The van der Waals surface area contributed by atoms with E-state index in [2.05, 4.69) is 11.9 Å². The number of epoxide rings is 1. The number of carbonyl (C=O) groups is 2. The Morgan fingerprint density at radius 1 is 1.21 bits per heavy atom. The summed E-state index contributed by atoms with van der Waals surface area (Å²) in [6, 6.07) is 0. The molecule has 2 fully saturated rings. The number of hydrogen-bond acceptors (Lipinski definition) is 7. The van der Waals surface area contributed by atoms with Gasteiger partial charge in [-0.05, 0) is 50.7 Å². The quantitative estimate of drug-likeness (QED) is 0.472. The summed E-state index contributed by atoms with van der Waals surface area (Å²) >= 11 is 0. The van der Waals surface area contributed by atoms with E-state index in [0.717, 1.165) is 24.8 Å². The first-order chi connectivity index (χ1) is 15.8. The first kappa shape index (κ1) is 26.6. The van der Waals surface area contributed by atoms with Crippen LogP contribution in [0.15, 0.2) is 16.3 Å². The molecule has 1 N–H and O–H groups in total. The van der Waals surface area contributed by atoms with Crippen LogP contribution in [0, 0.1) is 24.2 Å². The van der Waals surface area contributed by atoms with Gasteiger partial charge in [-0.25, -0.2) is 4.98 Å². The average molecular weight is 476 g/mol. The number of rotatable bonds is 2. The molecule has 1 aromatic heterocycles. The zero-order valence-electron chi connectivity index (χ0n) is 21.7. The van der Waals surface area contributed by atoms with Crippen molar-refractivity contribution in [2.45, 2.75) is 111 Å². The highest BCUT2D eigenvalue weighted by atomic mass is 16.6. The van der Waals surface area contributed by atoms with Gasteiger partial charge in [0.05, 0.1) is 17.8 Å². The largest absolute Gasteiger partial charge is 0.458 e. The number of fused-ring (bicyclic) bond motifs is 1. The van der Waals surface area contributed by atoms with Gasteiger partial charge in [0.2, 0.25) is 0 Å². The number of aliphatic hydroxyl groups excluding tert-OH is 1. The summed E-state index contributed by atoms with van der Waals surface area (Å²) in [6.07, 6.45) is 5.96. The third-order valence-corrected chi connectivity index (χ3v) is 7.72. The molecular formula is C27H41NO6. The van der Waals surface area contributed by atoms with Crippen molar-refractivity contribution in [3.05, 3.63) is 23.4 Å². The third-order valence-electron chi connectivity index (χ3n) is 7.72. The lowest BCUT2D eigenvalue weighted by molar-refractivity contribution is -0.149. The van der Waals surface area contributed by atoms with Gasteiger partial charge in [-0.2, -0.15) is 0 Å². The Hall–Kier alpha value is -1.99. The van der Waals surface area contributed by atoms with E-state index in [1.807, 2.05) is 33.8 Å². The molecule has 7 nitrogen and oxygen atoms in total. The Kier molecular flexibility index (Phi) is 8.08. The second-order valence-corrected chi connectivity index (χ2v) is 11.2. The van der Waals surface area contributed by atoms with Crippen molar-refractivity contribution >= 4 is 17.8 Å². The minimum Gasteiger partial charge on any atom is -0.458 e. The van der Waals surface area contributed by atoms with Crippen molar-refractivity contribution in [1.82, 2.24) is 4.98 Å². The molecule has 1 unspecified atom stereocenters. The smallest absolute Gasteiger partial charge is 0.306 e. The van der Waals surface area contributed by atoms with Gasteiger partial charge in [0.25, 0.3) is 0 Å². The Morgan fingerprint density at radius 3 is 2.56 bits per heavy atom. The highest BCUT2D eigenvalue weighted by molar-refractivity contribution is 5.87. The number of esters is 1. The van der Waals surface area contributed by atoms with Crippen molar-refractivity contribution in [2.75, 3.05) is 0 Å². The lowest BCUT2D eigenvalue weighted by atomic mass is 9.74. The molecule has 0 aliphatic carbocycles. The maximum atomic E-state index is 13.2. The van der Waals surface area contributed by atoms with E-state index in [1.54, 1.807) is 20.1 Å². The fourth-order valence-electron chi connectivity index (χ4n) is 5.07. The molecule has 0 amide bonds. The average Bonchev–Trinajstić information content (AvgIpc) is 3.21. The van der Waals surface area contributed by atoms with Gasteiger partial charge in [0, 0.05) is 31.1 Å². The zero-order valence-corrected chi connectivity index (χ0v) is 21.7. The molecule has 3 heterocycles. The van der Waals surface area contributed by atoms with Gasteiger partial charge in [0.1, 0.15) is 23.8 Å². The molecule has 0 radical (unpaired) electrons. The van der Waals surface area contributed by atoms with E-state index in [9.17, 15) is 14.7 Å². The zero-order chi connectivity index (χ0) is 25.3.